The van der Waals surface area contributed by atoms with Crippen LogP contribution in [0, 0.1) is 5.82 Å². The zero-order valence-electron chi connectivity index (χ0n) is 10.4. The van der Waals surface area contributed by atoms with Gasteiger partial charge in [-0.2, -0.15) is 0 Å². The van der Waals surface area contributed by atoms with Crippen molar-refractivity contribution in [1.82, 2.24) is 0 Å². The number of hydrogen-bond donors (Lipinski definition) is 1. The average molecular weight is 378 g/mol. The molecule has 1 N–H and O–H groups in total. The molecular formula is C15H12BrCl2FO. The number of aliphatic hydroxyl groups is 1. The van der Waals surface area contributed by atoms with Crippen LogP contribution in [0.3, 0.4) is 0 Å². The van der Waals surface area contributed by atoms with E-state index in [1.165, 1.54) is 12.1 Å². The minimum Gasteiger partial charge on any atom is -0.392 e. The zero-order chi connectivity index (χ0) is 14.7. The largest absolute Gasteiger partial charge is 0.392 e. The van der Waals surface area contributed by atoms with E-state index in [9.17, 15) is 9.50 Å². The molecule has 0 aliphatic rings. The second-order valence-corrected chi connectivity index (χ2v) is 6.22. The van der Waals surface area contributed by atoms with Gasteiger partial charge in [-0.05, 0) is 48.2 Å². The summed E-state index contributed by atoms with van der Waals surface area (Å²) < 4.78 is 13.7. The zero-order valence-corrected chi connectivity index (χ0v) is 13.5. The van der Waals surface area contributed by atoms with E-state index in [0.29, 0.717) is 27.4 Å². The molecule has 0 heterocycles. The van der Waals surface area contributed by atoms with Crippen molar-refractivity contribution in [3.05, 3.63) is 67.9 Å². The van der Waals surface area contributed by atoms with Crippen molar-refractivity contribution < 1.29 is 9.50 Å². The Kier molecular flexibility index (Phi) is 5.44. The van der Waals surface area contributed by atoms with Gasteiger partial charge >= 0.3 is 0 Å². The number of aliphatic hydroxyl groups excluding tert-OH is 1. The molecule has 0 radical (unpaired) electrons. The van der Waals surface area contributed by atoms with Crippen molar-refractivity contribution >= 4 is 39.1 Å². The predicted molar refractivity (Wildman–Crippen MR) is 84.0 cm³/mol. The normalized spacial score (nSPS) is 12.4. The van der Waals surface area contributed by atoms with Gasteiger partial charge in [0, 0.05) is 4.47 Å². The molecule has 0 saturated heterocycles. The standard InChI is InChI=1S/C15H12BrCl2FO/c16-13-8-11(19)3-2-10(13)7-12(20)5-9-1-4-14(17)15(18)6-9/h1-4,6,8,12,20H,5,7H2. The third-order valence-electron chi connectivity index (χ3n) is 2.93. The Morgan fingerprint density at radius 1 is 1.05 bits per heavy atom. The van der Waals surface area contributed by atoms with E-state index in [4.69, 9.17) is 23.2 Å². The maximum atomic E-state index is 13.0. The van der Waals surface area contributed by atoms with E-state index in [1.807, 2.05) is 6.07 Å². The monoisotopic (exact) mass is 376 g/mol. The molecule has 0 aliphatic carbocycles. The van der Waals surface area contributed by atoms with Gasteiger partial charge in [0.25, 0.3) is 0 Å². The van der Waals surface area contributed by atoms with Crippen molar-refractivity contribution in [3.63, 3.8) is 0 Å². The van der Waals surface area contributed by atoms with E-state index in [-0.39, 0.29) is 5.82 Å². The van der Waals surface area contributed by atoms with Crippen molar-refractivity contribution in [2.75, 3.05) is 0 Å². The van der Waals surface area contributed by atoms with Crippen LogP contribution >= 0.6 is 39.1 Å². The Bertz CT molecular complexity index is 619. The topological polar surface area (TPSA) is 20.2 Å². The summed E-state index contributed by atoms with van der Waals surface area (Å²) in [6.45, 7) is 0. The fourth-order valence-electron chi connectivity index (χ4n) is 1.95. The first kappa shape index (κ1) is 15.8. The highest BCUT2D eigenvalue weighted by Gasteiger charge is 2.11. The number of hydrogen-bond acceptors (Lipinski definition) is 1. The quantitative estimate of drug-likeness (QED) is 0.791. The van der Waals surface area contributed by atoms with Crippen LogP contribution < -0.4 is 0 Å². The third kappa shape index (κ3) is 4.19. The molecule has 2 aromatic rings. The highest BCUT2D eigenvalue weighted by molar-refractivity contribution is 9.10. The second kappa shape index (κ2) is 6.90. The van der Waals surface area contributed by atoms with Crippen LogP contribution in [-0.2, 0) is 12.8 Å². The summed E-state index contributed by atoms with van der Waals surface area (Å²) >= 11 is 15.1. The maximum Gasteiger partial charge on any atom is 0.124 e. The van der Waals surface area contributed by atoms with Crippen LogP contribution in [0.25, 0.3) is 0 Å². The number of halogens is 4. The molecule has 0 spiro atoms. The Morgan fingerprint density at radius 2 is 1.80 bits per heavy atom. The van der Waals surface area contributed by atoms with Crippen LogP contribution in [0.1, 0.15) is 11.1 Å². The Balaban J connectivity index is 2.04. The van der Waals surface area contributed by atoms with Crippen molar-refractivity contribution in [3.8, 4) is 0 Å². The summed E-state index contributed by atoms with van der Waals surface area (Å²) in [5, 5.41) is 11.1. The Labute approximate surface area is 135 Å². The lowest BCUT2D eigenvalue weighted by Gasteiger charge is -2.12. The summed E-state index contributed by atoms with van der Waals surface area (Å²) in [6.07, 6.45) is 0.316. The van der Waals surface area contributed by atoms with Gasteiger partial charge in [0.1, 0.15) is 5.82 Å². The lowest BCUT2D eigenvalue weighted by Crippen LogP contribution is -2.14. The van der Waals surface area contributed by atoms with Crippen molar-refractivity contribution in [2.24, 2.45) is 0 Å². The molecule has 106 valence electrons. The van der Waals surface area contributed by atoms with Gasteiger partial charge < -0.3 is 5.11 Å². The first-order valence-corrected chi connectivity index (χ1v) is 7.56. The average Bonchev–Trinajstić information content (AvgIpc) is 2.37. The van der Waals surface area contributed by atoms with E-state index in [0.717, 1.165) is 11.1 Å². The first-order chi connectivity index (χ1) is 9.45. The smallest absolute Gasteiger partial charge is 0.124 e. The number of benzene rings is 2. The molecule has 1 unspecified atom stereocenters. The van der Waals surface area contributed by atoms with Gasteiger partial charge in [0.2, 0.25) is 0 Å². The van der Waals surface area contributed by atoms with Gasteiger partial charge in [-0.15, -0.1) is 0 Å². The maximum absolute atomic E-state index is 13.0. The second-order valence-electron chi connectivity index (χ2n) is 4.55. The fraction of sp³-hybridized carbons (Fsp3) is 0.200. The molecule has 0 saturated carbocycles. The molecule has 1 nitrogen and oxygen atoms in total. The van der Waals surface area contributed by atoms with Gasteiger partial charge in [0.05, 0.1) is 16.1 Å². The minimum atomic E-state index is -0.575. The predicted octanol–water partition coefficient (Wildman–Crippen LogP) is 5.04. The summed E-state index contributed by atoms with van der Waals surface area (Å²) in [4.78, 5) is 0. The van der Waals surface area contributed by atoms with Crippen LogP contribution in [-0.4, -0.2) is 11.2 Å². The molecular weight excluding hydrogens is 366 g/mol. The van der Waals surface area contributed by atoms with Gasteiger partial charge in [-0.1, -0.05) is 51.3 Å². The number of rotatable bonds is 4. The van der Waals surface area contributed by atoms with Gasteiger partial charge in [0.15, 0.2) is 0 Å². The van der Waals surface area contributed by atoms with Crippen LogP contribution in [0.5, 0.6) is 0 Å². The highest BCUT2D eigenvalue weighted by Crippen LogP contribution is 2.24. The van der Waals surface area contributed by atoms with Crippen LogP contribution in [0.2, 0.25) is 10.0 Å². The Hall–Kier alpha value is -0.610. The van der Waals surface area contributed by atoms with Crippen molar-refractivity contribution in [1.29, 1.82) is 0 Å². The fourth-order valence-corrected chi connectivity index (χ4v) is 2.79. The van der Waals surface area contributed by atoms with Crippen LogP contribution in [0.4, 0.5) is 4.39 Å². The SMILES string of the molecule is OC(Cc1ccc(Cl)c(Cl)c1)Cc1ccc(F)cc1Br. The molecule has 20 heavy (non-hydrogen) atoms. The minimum absolute atomic E-state index is 0.306. The van der Waals surface area contributed by atoms with E-state index >= 15 is 0 Å². The highest BCUT2D eigenvalue weighted by atomic mass is 79.9. The molecule has 1 atom stereocenters. The summed E-state index contributed by atoms with van der Waals surface area (Å²) in [5.41, 5.74) is 1.77. The lowest BCUT2D eigenvalue weighted by atomic mass is 10.0. The molecule has 2 aromatic carbocycles. The molecule has 0 aliphatic heterocycles. The van der Waals surface area contributed by atoms with E-state index in [2.05, 4.69) is 15.9 Å². The van der Waals surface area contributed by atoms with Gasteiger partial charge in [-0.3, -0.25) is 0 Å². The summed E-state index contributed by atoms with van der Waals surface area (Å²) in [7, 11) is 0. The summed E-state index contributed by atoms with van der Waals surface area (Å²) in [5.74, 6) is -0.306. The van der Waals surface area contributed by atoms with E-state index < -0.39 is 6.10 Å². The molecule has 0 bridgehead atoms. The molecule has 5 heteroatoms. The molecule has 0 fully saturated rings. The Morgan fingerprint density at radius 3 is 2.45 bits per heavy atom. The van der Waals surface area contributed by atoms with Crippen molar-refractivity contribution in [2.45, 2.75) is 18.9 Å². The lowest BCUT2D eigenvalue weighted by molar-refractivity contribution is 0.175. The van der Waals surface area contributed by atoms with Crippen LogP contribution in [0.15, 0.2) is 40.9 Å². The molecule has 0 aromatic heterocycles. The van der Waals surface area contributed by atoms with E-state index in [1.54, 1.807) is 18.2 Å². The third-order valence-corrected chi connectivity index (χ3v) is 4.40. The van der Waals surface area contributed by atoms with Gasteiger partial charge in [-0.25, -0.2) is 4.39 Å². The first-order valence-electron chi connectivity index (χ1n) is 6.01. The summed E-state index contributed by atoms with van der Waals surface area (Å²) in [6, 6.07) is 9.72. The molecule has 2 rings (SSSR count). The molecule has 0 amide bonds.